The molecule has 0 aliphatic carbocycles. The number of methoxy groups -OCH3 is 1. The third-order valence-electron chi connectivity index (χ3n) is 5.38. The molecule has 176 valence electrons. The molecule has 0 atom stereocenters. The Bertz CT molecular complexity index is 1510. The van der Waals surface area contributed by atoms with Crippen LogP contribution in [0.4, 0.5) is 0 Å². The van der Waals surface area contributed by atoms with Crippen LogP contribution in [0.25, 0.3) is 10.9 Å². The zero-order valence-corrected chi connectivity index (χ0v) is 20.9. The molecule has 1 heterocycles. The summed E-state index contributed by atoms with van der Waals surface area (Å²) in [5.74, 6) is 1.66. The second-order valence-electron chi connectivity index (χ2n) is 7.77. The fourth-order valence-corrected chi connectivity index (χ4v) is 3.98. The summed E-state index contributed by atoms with van der Waals surface area (Å²) in [6.07, 6.45) is 3.06. The number of rotatable bonds is 8. The van der Waals surface area contributed by atoms with Gasteiger partial charge in [-0.25, -0.2) is 4.98 Å². The van der Waals surface area contributed by atoms with Crippen LogP contribution in [0, 0.1) is 11.3 Å². The molecule has 0 aliphatic heterocycles. The number of halogens is 1. The van der Waals surface area contributed by atoms with Gasteiger partial charge in [-0.2, -0.15) is 15.0 Å². The smallest absolute Gasteiger partial charge is 0.282 e. The second kappa shape index (κ2) is 11.0. The molecule has 0 bridgehead atoms. The molecule has 0 unspecified atom stereocenters. The average Bonchev–Trinajstić information content (AvgIpc) is 2.88. The van der Waals surface area contributed by atoms with Crippen molar-refractivity contribution in [3.05, 3.63) is 98.0 Å². The Morgan fingerprint density at radius 1 is 1.14 bits per heavy atom. The Morgan fingerprint density at radius 3 is 2.74 bits per heavy atom. The molecule has 0 radical (unpaired) electrons. The molecule has 0 spiro atoms. The van der Waals surface area contributed by atoms with E-state index in [-0.39, 0.29) is 12.2 Å². The van der Waals surface area contributed by atoms with Gasteiger partial charge in [0.15, 0.2) is 11.5 Å². The lowest BCUT2D eigenvalue weighted by Crippen LogP contribution is -2.22. The largest absolute Gasteiger partial charge is 0.493 e. The normalized spacial score (nSPS) is 11.0. The molecular weight excluding hydrogens is 508 g/mol. The van der Waals surface area contributed by atoms with E-state index in [1.807, 2.05) is 43.3 Å². The van der Waals surface area contributed by atoms with Crippen molar-refractivity contribution >= 4 is 33.0 Å². The van der Waals surface area contributed by atoms with Crippen molar-refractivity contribution < 1.29 is 9.47 Å². The first kappa shape index (κ1) is 24.2. The number of aryl methyl sites for hydroxylation is 1. The molecule has 0 aliphatic rings. The first-order valence-electron chi connectivity index (χ1n) is 11.1. The van der Waals surface area contributed by atoms with Crippen LogP contribution in [0.5, 0.6) is 11.5 Å². The lowest BCUT2D eigenvalue weighted by molar-refractivity contribution is 0.284. The van der Waals surface area contributed by atoms with E-state index in [9.17, 15) is 10.1 Å². The highest BCUT2D eigenvalue weighted by Crippen LogP contribution is 2.28. The van der Waals surface area contributed by atoms with E-state index in [1.165, 1.54) is 4.68 Å². The average molecular weight is 531 g/mol. The maximum atomic E-state index is 13.2. The van der Waals surface area contributed by atoms with Crippen molar-refractivity contribution in [1.29, 1.82) is 5.26 Å². The van der Waals surface area contributed by atoms with Gasteiger partial charge in [0.2, 0.25) is 0 Å². The number of nitrogens with zero attached hydrogens (tertiary/aromatic N) is 4. The van der Waals surface area contributed by atoms with Crippen LogP contribution < -0.4 is 15.0 Å². The van der Waals surface area contributed by atoms with Gasteiger partial charge in [-0.15, -0.1) is 0 Å². The van der Waals surface area contributed by atoms with Crippen LogP contribution in [-0.4, -0.2) is 23.0 Å². The molecule has 7 nitrogen and oxygen atoms in total. The molecule has 8 heteroatoms. The Hall–Kier alpha value is -3.96. The number of nitriles is 1. The van der Waals surface area contributed by atoms with Crippen molar-refractivity contribution in [3.63, 3.8) is 0 Å². The molecule has 0 fully saturated rings. The quantitative estimate of drug-likeness (QED) is 0.282. The van der Waals surface area contributed by atoms with Gasteiger partial charge in [0.25, 0.3) is 5.56 Å². The molecule has 35 heavy (non-hydrogen) atoms. The summed E-state index contributed by atoms with van der Waals surface area (Å²) in [6, 6.07) is 20.3. The predicted octanol–water partition coefficient (Wildman–Crippen LogP) is 5.45. The Balaban J connectivity index is 1.63. The van der Waals surface area contributed by atoms with Crippen LogP contribution in [0.2, 0.25) is 0 Å². The van der Waals surface area contributed by atoms with Gasteiger partial charge in [-0.05, 0) is 54.4 Å². The Labute approximate surface area is 211 Å². The number of aromatic nitrogens is 2. The summed E-state index contributed by atoms with van der Waals surface area (Å²) in [4.78, 5) is 17.8. The Kier molecular flexibility index (Phi) is 7.58. The minimum absolute atomic E-state index is 0.223. The minimum atomic E-state index is -0.223. The second-order valence-corrected chi connectivity index (χ2v) is 8.68. The SMILES string of the molecule is CCCc1nc2ccc(Br)cc2c(=O)n1N=Cc1ccc(OCc2ccccc2C#N)c(OC)c1. The summed E-state index contributed by atoms with van der Waals surface area (Å²) in [7, 11) is 1.56. The summed E-state index contributed by atoms with van der Waals surface area (Å²) < 4.78 is 13.6. The zero-order valence-electron chi connectivity index (χ0n) is 19.4. The van der Waals surface area contributed by atoms with Crippen LogP contribution in [0.3, 0.4) is 0 Å². The van der Waals surface area contributed by atoms with E-state index >= 15 is 0 Å². The highest BCUT2D eigenvalue weighted by Gasteiger charge is 2.11. The van der Waals surface area contributed by atoms with Gasteiger partial charge in [0, 0.05) is 16.5 Å². The summed E-state index contributed by atoms with van der Waals surface area (Å²) >= 11 is 3.42. The number of hydrogen-bond acceptors (Lipinski definition) is 6. The summed E-state index contributed by atoms with van der Waals surface area (Å²) in [5, 5.41) is 14.2. The number of fused-ring (bicyclic) bond motifs is 1. The minimum Gasteiger partial charge on any atom is -0.493 e. The van der Waals surface area contributed by atoms with Gasteiger partial charge in [-0.3, -0.25) is 4.79 Å². The van der Waals surface area contributed by atoms with Gasteiger partial charge in [0.1, 0.15) is 12.4 Å². The molecule has 0 N–H and O–H groups in total. The zero-order chi connectivity index (χ0) is 24.8. The fraction of sp³-hybridized carbons (Fsp3) is 0.185. The highest BCUT2D eigenvalue weighted by atomic mass is 79.9. The van der Waals surface area contributed by atoms with Crippen LogP contribution in [0.15, 0.2) is 75.0 Å². The lowest BCUT2D eigenvalue weighted by Gasteiger charge is -2.12. The van der Waals surface area contributed by atoms with E-state index < -0.39 is 0 Å². The third kappa shape index (κ3) is 5.42. The van der Waals surface area contributed by atoms with Crippen LogP contribution in [0.1, 0.15) is 35.9 Å². The molecule has 1 aromatic heterocycles. The van der Waals surface area contributed by atoms with Crippen molar-refractivity contribution in [2.75, 3.05) is 7.11 Å². The van der Waals surface area contributed by atoms with E-state index in [1.54, 1.807) is 37.6 Å². The molecule has 0 saturated carbocycles. The Morgan fingerprint density at radius 2 is 1.97 bits per heavy atom. The number of ether oxygens (including phenoxy) is 2. The van der Waals surface area contributed by atoms with Gasteiger partial charge in [-0.1, -0.05) is 41.1 Å². The maximum Gasteiger partial charge on any atom is 0.282 e. The molecule has 0 saturated heterocycles. The highest BCUT2D eigenvalue weighted by molar-refractivity contribution is 9.10. The predicted molar refractivity (Wildman–Crippen MR) is 139 cm³/mol. The monoisotopic (exact) mass is 530 g/mol. The molecule has 3 aromatic carbocycles. The standard InChI is InChI=1S/C27H23BrN4O3/c1-3-6-26-31-23-11-10-21(28)14-22(23)27(33)32(26)30-16-18-9-12-24(25(13-18)34-2)35-17-20-8-5-4-7-19(20)15-29/h4-5,7-14,16H,3,6,17H2,1-2H3. The first-order chi connectivity index (χ1) is 17.0. The van der Waals surface area contributed by atoms with Crippen molar-refractivity contribution in [2.45, 2.75) is 26.4 Å². The van der Waals surface area contributed by atoms with Gasteiger partial charge in [0.05, 0.1) is 35.9 Å². The maximum absolute atomic E-state index is 13.2. The van der Waals surface area contributed by atoms with E-state index in [2.05, 4.69) is 32.1 Å². The third-order valence-corrected chi connectivity index (χ3v) is 5.87. The van der Waals surface area contributed by atoms with E-state index in [0.717, 1.165) is 22.0 Å². The molecule has 0 amide bonds. The van der Waals surface area contributed by atoms with Crippen LogP contribution >= 0.6 is 15.9 Å². The van der Waals surface area contributed by atoms with E-state index in [0.29, 0.717) is 40.2 Å². The van der Waals surface area contributed by atoms with Crippen LogP contribution in [-0.2, 0) is 13.0 Å². The number of benzene rings is 3. The van der Waals surface area contributed by atoms with Gasteiger partial charge < -0.3 is 9.47 Å². The fourth-order valence-electron chi connectivity index (χ4n) is 3.62. The topological polar surface area (TPSA) is 89.5 Å². The molecule has 4 rings (SSSR count). The molecule has 4 aromatic rings. The molecular formula is C27H23BrN4O3. The summed E-state index contributed by atoms with van der Waals surface area (Å²) in [5.41, 5.74) is 2.52. The van der Waals surface area contributed by atoms with Gasteiger partial charge >= 0.3 is 0 Å². The van der Waals surface area contributed by atoms with Crippen molar-refractivity contribution in [1.82, 2.24) is 9.66 Å². The van der Waals surface area contributed by atoms with E-state index in [4.69, 9.17) is 9.47 Å². The van der Waals surface area contributed by atoms with Crippen molar-refractivity contribution in [3.8, 4) is 17.6 Å². The summed E-state index contributed by atoms with van der Waals surface area (Å²) in [6.45, 7) is 2.27. The lowest BCUT2D eigenvalue weighted by atomic mass is 10.1. The first-order valence-corrected chi connectivity index (χ1v) is 11.9. The van der Waals surface area contributed by atoms with Crippen molar-refractivity contribution in [2.24, 2.45) is 5.10 Å². The number of hydrogen-bond donors (Lipinski definition) is 0.